The molecule has 2 aliphatic rings. The van der Waals surface area contributed by atoms with Crippen molar-refractivity contribution in [2.75, 3.05) is 18.0 Å². The van der Waals surface area contributed by atoms with Gasteiger partial charge in [0.1, 0.15) is 5.82 Å². The molecule has 0 aromatic carbocycles. The number of hydrogen-bond donors (Lipinski definition) is 3. The van der Waals surface area contributed by atoms with E-state index in [9.17, 15) is 22.8 Å². The highest BCUT2D eigenvalue weighted by atomic mass is 19.4. The number of anilines is 1. The van der Waals surface area contributed by atoms with Crippen LogP contribution in [0.1, 0.15) is 38.2 Å². The fourth-order valence-corrected chi connectivity index (χ4v) is 4.28. The molecular formula is C19H25F3N4O3. The molecule has 4 atom stereocenters. The minimum Gasteiger partial charge on any atom is -0.465 e. The lowest BCUT2D eigenvalue weighted by atomic mass is 9.97. The molecule has 1 aliphatic heterocycles. The summed E-state index contributed by atoms with van der Waals surface area (Å²) in [4.78, 5) is 28.8. The minimum atomic E-state index is -4.40. The van der Waals surface area contributed by atoms with E-state index < -0.39 is 17.8 Å². The summed E-state index contributed by atoms with van der Waals surface area (Å²) >= 11 is 0. The second-order valence-corrected chi connectivity index (χ2v) is 7.87. The number of fused-ring (bicyclic) bond motifs is 1. The Morgan fingerprint density at radius 3 is 2.69 bits per heavy atom. The number of halogens is 3. The van der Waals surface area contributed by atoms with Crippen LogP contribution in [0.3, 0.4) is 0 Å². The van der Waals surface area contributed by atoms with Gasteiger partial charge in [0.05, 0.1) is 5.56 Å². The van der Waals surface area contributed by atoms with E-state index in [0.717, 1.165) is 31.6 Å². The summed E-state index contributed by atoms with van der Waals surface area (Å²) in [5, 5.41) is 14.0. The van der Waals surface area contributed by atoms with Crippen LogP contribution >= 0.6 is 0 Å². The summed E-state index contributed by atoms with van der Waals surface area (Å²) in [6.45, 7) is 3.07. The number of nitrogens with zero attached hydrogens (tertiary/aromatic N) is 2. The second-order valence-electron chi connectivity index (χ2n) is 7.87. The highest BCUT2D eigenvalue weighted by Crippen LogP contribution is 2.40. The standard InChI is InChI=1S/C19H25F3N4O3/c1-11(24-18(28)29)2-7-17(27)25-15-5-3-12-9-26(10-14(12)15)16-6-4-13(8-23-16)19(20,21)22/h4,6,8,11-12,14-15,24H,2-3,5,7,9-10H2,1H3,(H,25,27)(H,28,29)/t11?,12-,14+,15+/m1/s1. The number of carboxylic acid groups (broad SMARTS) is 1. The Morgan fingerprint density at radius 2 is 2.07 bits per heavy atom. The van der Waals surface area contributed by atoms with Crippen LogP contribution in [0.5, 0.6) is 0 Å². The number of alkyl halides is 3. The Balaban J connectivity index is 1.52. The van der Waals surface area contributed by atoms with Crippen LogP contribution in [0.25, 0.3) is 0 Å². The average molecular weight is 414 g/mol. The number of hydrogen-bond acceptors (Lipinski definition) is 4. The van der Waals surface area contributed by atoms with Crippen LogP contribution in [0.15, 0.2) is 18.3 Å². The quantitative estimate of drug-likeness (QED) is 0.666. The summed E-state index contributed by atoms with van der Waals surface area (Å²) < 4.78 is 38.1. The number of rotatable bonds is 6. The van der Waals surface area contributed by atoms with Gasteiger partial charge < -0.3 is 20.6 Å². The molecular weight excluding hydrogens is 389 g/mol. The van der Waals surface area contributed by atoms with E-state index in [1.165, 1.54) is 6.07 Å². The van der Waals surface area contributed by atoms with Crippen molar-refractivity contribution in [3.8, 4) is 0 Å². The monoisotopic (exact) mass is 414 g/mol. The molecule has 2 amide bonds. The number of carbonyl (C=O) groups is 2. The first kappa shape index (κ1) is 21.2. The van der Waals surface area contributed by atoms with Crippen LogP contribution in [-0.2, 0) is 11.0 Å². The third-order valence-corrected chi connectivity index (χ3v) is 5.78. The maximum Gasteiger partial charge on any atom is 0.417 e. The fraction of sp³-hybridized carbons (Fsp3) is 0.632. The van der Waals surface area contributed by atoms with Crippen LogP contribution in [0.4, 0.5) is 23.8 Å². The molecule has 7 nitrogen and oxygen atoms in total. The van der Waals surface area contributed by atoms with Gasteiger partial charge in [0.2, 0.25) is 5.91 Å². The summed E-state index contributed by atoms with van der Waals surface area (Å²) in [6.07, 6.45) is -2.18. The van der Waals surface area contributed by atoms with Gasteiger partial charge in [-0.1, -0.05) is 0 Å². The Morgan fingerprint density at radius 1 is 1.31 bits per heavy atom. The molecule has 1 unspecified atom stereocenters. The topological polar surface area (TPSA) is 94.6 Å². The molecule has 1 aromatic heterocycles. The highest BCUT2D eigenvalue weighted by molar-refractivity contribution is 5.76. The summed E-state index contributed by atoms with van der Waals surface area (Å²) in [5.74, 6) is 1.02. The molecule has 1 aromatic rings. The molecule has 2 fully saturated rings. The van der Waals surface area contributed by atoms with Crippen molar-refractivity contribution in [2.45, 2.75) is 50.9 Å². The molecule has 1 saturated carbocycles. The Bertz CT molecular complexity index is 741. The van der Waals surface area contributed by atoms with Crippen molar-refractivity contribution < 1.29 is 27.9 Å². The molecule has 0 bridgehead atoms. The van der Waals surface area contributed by atoms with Gasteiger partial charge in [0.25, 0.3) is 0 Å². The first-order chi connectivity index (χ1) is 13.6. The predicted molar refractivity (Wildman–Crippen MR) is 99.5 cm³/mol. The van der Waals surface area contributed by atoms with Gasteiger partial charge in [0, 0.05) is 43.7 Å². The normalized spacial score (nSPS) is 24.8. The van der Waals surface area contributed by atoms with E-state index in [1.807, 2.05) is 4.90 Å². The zero-order valence-electron chi connectivity index (χ0n) is 16.1. The van der Waals surface area contributed by atoms with E-state index in [0.29, 0.717) is 24.7 Å². The molecule has 10 heteroatoms. The molecule has 1 saturated heterocycles. The van der Waals surface area contributed by atoms with Crippen molar-refractivity contribution in [3.05, 3.63) is 23.9 Å². The summed E-state index contributed by atoms with van der Waals surface area (Å²) in [6, 6.07) is 2.16. The number of aromatic nitrogens is 1. The second kappa shape index (κ2) is 8.46. The lowest BCUT2D eigenvalue weighted by Gasteiger charge is -2.23. The smallest absolute Gasteiger partial charge is 0.417 e. The molecule has 0 radical (unpaired) electrons. The molecule has 29 heavy (non-hydrogen) atoms. The van der Waals surface area contributed by atoms with Crippen LogP contribution < -0.4 is 15.5 Å². The molecule has 3 rings (SSSR count). The number of carbonyl (C=O) groups excluding carboxylic acids is 1. The van der Waals surface area contributed by atoms with Crippen molar-refractivity contribution >= 4 is 17.8 Å². The summed E-state index contributed by atoms with van der Waals surface area (Å²) in [5.41, 5.74) is -0.766. The van der Waals surface area contributed by atoms with Gasteiger partial charge in [-0.05, 0) is 44.2 Å². The predicted octanol–water partition coefficient (Wildman–Crippen LogP) is 2.87. The zero-order valence-corrected chi connectivity index (χ0v) is 16.1. The van der Waals surface area contributed by atoms with Crippen LogP contribution in [-0.4, -0.2) is 47.3 Å². The van der Waals surface area contributed by atoms with E-state index in [1.54, 1.807) is 6.92 Å². The lowest BCUT2D eigenvalue weighted by Crippen LogP contribution is -2.40. The minimum absolute atomic E-state index is 0.0229. The maximum atomic E-state index is 12.7. The highest BCUT2D eigenvalue weighted by Gasteiger charge is 2.43. The third-order valence-electron chi connectivity index (χ3n) is 5.78. The van der Waals surface area contributed by atoms with Crippen molar-refractivity contribution in [1.29, 1.82) is 0 Å². The molecule has 0 spiro atoms. The van der Waals surface area contributed by atoms with Gasteiger partial charge in [-0.25, -0.2) is 9.78 Å². The Labute approximate surface area is 166 Å². The summed E-state index contributed by atoms with van der Waals surface area (Å²) in [7, 11) is 0. The zero-order chi connectivity index (χ0) is 21.2. The van der Waals surface area contributed by atoms with Gasteiger partial charge >= 0.3 is 12.3 Å². The van der Waals surface area contributed by atoms with Crippen molar-refractivity contribution in [2.24, 2.45) is 11.8 Å². The third kappa shape index (κ3) is 5.30. The molecule has 2 heterocycles. The number of nitrogens with one attached hydrogen (secondary N) is 2. The SMILES string of the molecule is CC(CCC(=O)N[C@H]1CC[C@@H]2CN(c3ccc(C(F)(F)F)cn3)C[C@@H]21)NC(=O)O. The molecule has 1 aliphatic carbocycles. The lowest BCUT2D eigenvalue weighted by molar-refractivity contribution is -0.137. The van der Waals surface area contributed by atoms with E-state index >= 15 is 0 Å². The average Bonchev–Trinajstić information content (AvgIpc) is 3.21. The molecule has 3 N–H and O–H groups in total. The molecule has 160 valence electrons. The van der Waals surface area contributed by atoms with E-state index in [-0.39, 0.29) is 30.3 Å². The van der Waals surface area contributed by atoms with Crippen molar-refractivity contribution in [1.82, 2.24) is 15.6 Å². The Hall–Kier alpha value is -2.52. The van der Waals surface area contributed by atoms with Crippen LogP contribution in [0, 0.1) is 11.8 Å². The first-order valence-corrected chi connectivity index (χ1v) is 9.70. The maximum absolute atomic E-state index is 12.7. The van der Waals surface area contributed by atoms with Gasteiger partial charge in [-0.15, -0.1) is 0 Å². The van der Waals surface area contributed by atoms with E-state index in [2.05, 4.69) is 15.6 Å². The van der Waals surface area contributed by atoms with Gasteiger partial charge in [0.15, 0.2) is 0 Å². The number of amides is 2. The fourth-order valence-electron chi connectivity index (χ4n) is 4.28. The largest absolute Gasteiger partial charge is 0.465 e. The Kier molecular flexibility index (Phi) is 6.18. The number of pyridine rings is 1. The van der Waals surface area contributed by atoms with Crippen LogP contribution in [0.2, 0.25) is 0 Å². The van der Waals surface area contributed by atoms with Gasteiger partial charge in [-0.3, -0.25) is 4.79 Å². The van der Waals surface area contributed by atoms with Crippen molar-refractivity contribution in [3.63, 3.8) is 0 Å². The first-order valence-electron chi connectivity index (χ1n) is 9.70. The van der Waals surface area contributed by atoms with E-state index in [4.69, 9.17) is 5.11 Å². The van der Waals surface area contributed by atoms with Gasteiger partial charge in [-0.2, -0.15) is 13.2 Å².